The predicted octanol–water partition coefficient (Wildman–Crippen LogP) is 5.38. The molecule has 0 heterocycles. The lowest BCUT2D eigenvalue weighted by atomic mass is 10.1. The summed E-state index contributed by atoms with van der Waals surface area (Å²) in [7, 11) is 0. The van der Waals surface area contributed by atoms with Crippen molar-refractivity contribution < 1.29 is 14.3 Å². The molecule has 0 fully saturated rings. The minimum absolute atomic E-state index is 0.0449. The molecule has 1 unspecified atom stereocenters. The van der Waals surface area contributed by atoms with Crippen LogP contribution < -0.4 is 9.47 Å². The van der Waals surface area contributed by atoms with Crippen molar-refractivity contribution in [2.75, 3.05) is 6.61 Å². The second kappa shape index (κ2) is 6.93. The first-order chi connectivity index (χ1) is 11.1. The standard InChI is InChI=1S/C18H16BrClO3/c1-2-22-17-9-18(15(20)8-11(17)10-21)23-16-7-6-12-13(16)4-3-5-14(12)19/h3-5,8-10,16H,2,6-7H2,1H3. The molecule has 0 amide bonds. The highest BCUT2D eigenvalue weighted by Gasteiger charge is 2.26. The molecule has 120 valence electrons. The van der Waals surface area contributed by atoms with Crippen molar-refractivity contribution in [2.24, 2.45) is 0 Å². The number of halogens is 2. The Morgan fingerprint density at radius 3 is 2.91 bits per heavy atom. The van der Waals surface area contributed by atoms with E-state index in [1.54, 1.807) is 12.1 Å². The molecular formula is C18H16BrClO3. The van der Waals surface area contributed by atoms with E-state index >= 15 is 0 Å². The molecule has 0 N–H and O–H groups in total. The zero-order valence-corrected chi connectivity index (χ0v) is 15.0. The summed E-state index contributed by atoms with van der Waals surface area (Å²) in [6.45, 7) is 2.34. The van der Waals surface area contributed by atoms with Gasteiger partial charge in [-0.2, -0.15) is 0 Å². The van der Waals surface area contributed by atoms with E-state index < -0.39 is 0 Å². The summed E-state index contributed by atoms with van der Waals surface area (Å²) in [6.07, 6.45) is 2.55. The highest BCUT2D eigenvalue weighted by molar-refractivity contribution is 9.10. The van der Waals surface area contributed by atoms with Gasteiger partial charge < -0.3 is 9.47 Å². The molecule has 1 atom stereocenters. The molecule has 23 heavy (non-hydrogen) atoms. The van der Waals surface area contributed by atoms with Crippen LogP contribution in [0.2, 0.25) is 5.02 Å². The molecule has 2 aromatic rings. The predicted molar refractivity (Wildman–Crippen MR) is 93.8 cm³/mol. The summed E-state index contributed by atoms with van der Waals surface area (Å²) < 4.78 is 12.7. The first kappa shape index (κ1) is 16.3. The number of hydrogen-bond donors (Lipinski definition) is 0. The fourth-order valence-electron chi connectivity index (χ4n) is 2.86. The van der Waals surface area contributed by atoms with E-state index in [2.05, 4.69) is 22.0 Å². The average Bonchev–Trinajstić information content (AvgIpc) is 2.95. The van der Waals surface area contributed by atoms with Crippen LogP contribution in [0.15, 0.2) is 34.8 Å². The molecule has 3 rings (SSSR count). The Bertz CT molecular complexity index is 745. The first-order valence-electron chi connectivity index (χ1n) is 7.49. The van der Waals surface area contributed by atoms with Gasteiger partial charge in [0.25, 0.3) is 0 Å². The summed E-state index contributed by atoms with van der Waals surface area (Å²) >= 11 is 9.85. The Morgan fingerprint density at radius 2 is 2.17 bits per heavy atom. The van der Waals surface area contributed by atoms with E-state index in [0.717, 1.165) is 23.6 Å². The molecule has 0 bridgehead atoms. The topological polar surface area (TPSA) is 35.5 Å². The van der Waals surface area contributed by atoms with Crippen LogP contribution in [0, 0.1) is 0 Å². The van der Waals surface area contributed by atoms with Crippen LogP contribution in [0.5, 0.6) is 11.5 Å². The van der Waals surface area contributed by atoms with E-state index in [-0.39, 0.29) is 6.10 Å². The second-order valence-corrected chi connectivity index (χ2v) is 6.59. The maximum atomic E-state index is 11.1. The third-order valence-corrected chi connectivity index (χ3v) is 4.96. The van der Waals surface area contributed by atoms with Crippen molar-refractivity contribution >= 4 is 33.8 Å². The number of aldehydes is 1. The van der Waals surface area contributed by atoms with Crippen molar-refractivity contribution in [1.82, 2.24) is 0 Å². The zero-order chi connectivity index (χ0) is 16.4. The normalized spacial score (nSPS) is 16.0. The molecule has 0 spiro atoms. The van der Waals surface area contributed by atoms with Crippen LogP contribution in [-0.2, 0) is 6.42 Å². The van der Waals surface area contributed by atoms with E-state index in [4.69, 9.17) is 21.1 Å². The van der Waals surface area contributed by atoms with Crippen molar-refractivity contribution in [1.29, 1.82) is 0 Å². The third-order valence-electron chi connectivity index (χ3n) is 3.92. The van der Waals surface area contributed by atoms with E-state index in [9.17, 15) is 4.79 Å². The first-order valence-corrected chi connectivity index (χ1v) is 8.66. The average molecular weight is 396 g/mol. The van der Waals surface area contributed by atoms with Crippen LogP contribution in [-0.4, -0.2) is 12.9 Å². The number of hydrogen-bond acceptors (Lipinski definition) is 3. The molecular weight excluding hydrogens is 380 g/mol. The number of carbonyl (C=O) groups is 1. The lowest BCUT2D eigenvalue weighted by molar-refractivity contribution is 0.111. The Morgan fingerprint density at radius 1 is 1.35 bits per heavy atom. The highest BCUT2D eigenvalue weighted by atomic mass is 79.9. The van der Waals surface area contributed by atoms with Gasteiger partial charge in [-0.1, -0.05) is 39.7 Å². The minimum atomic E-state index is -0.0449. The monoisotopic (exact) mass is 394 g/mol. The largest absolute Gasteiger partial charge is 0.493 e. The quantitative estimate of drug-likeness (QED) is 0.638. The van der Waals surface area contributed by atoms with Crippen LogP contribution in [0.1, 0.15) is 40.9 Å². The molecule has 2 aromatic carbocycles. The zero-order valence-electron chi connectivity index (χ0n) is 12.6. The van der Waals surface area contributed by atoms with Gasteiger partial charge in [-0.3, -0.25) is 4.79 Å². The second-order valence-electron chi connectivity index (χ2n) is 5.32. The summed E-state index contributed by atoms with van der Waals surface area (Å²) in [4.78, 5) is 11.1. The van der Waals surface area contributed by atoms with Crippen molar-refractivity contribution in [2.45, 2.75) is 25.9 Å². The van der Waals surface area contributed by atoms with Gasteiger partial charge in [-0.15, -0.1) is 0 Å². The summed E-state index contributed by atoms with van der Waals surface area (Å²) in [5.74, 6) is 1.04. The van der Waals surface area contributed by atoms with Crippen LogP contribution in [0.25, 0.3) is 0 Å². The molecule has 0 saturated heterocycles. The molecule has 0 aromatic heterocycles. The SMILES string of the molecule is CCOc1cc(OC2CCc3c(Br)cccc32)c(Cl)cc1C=O. The number of rotatable bonds is 5. The number of benzene rings is 2. The van der Waals surface area contributed by atoms with E-state index in [1.807, 2.05) is 19.1 Å². The molecule has 1 aliphatic rings. The Balaban J connectivity index is 1.91. The molecule has 5 heteroatoms. The van der Waals surface area contributed by atoms with Crippen LogP contribution in [0.4, 0.5) is 0 Å². The maximum Gasteiger partial charge on any atom is 0.153 e. The van der Waals surface area contributed by atoms with Crippen LogP contribution >= 0.6 is 27.5 Å². The van der Waals surface area contributed by atoms with E-state index in [1.165, 1.54) is 11.1 Å². The molecule has 0 saturated carbocycles. The summed E-state index contributed by atoms with van der Waals surface area (Å²) in [6, 6.07) is 9.42. The highest BCUT2D eigenvalue weighted by Crippen LogP contribution is 2.41. The van der Waals surface area contributed by atoms with Crippen molar-refractivity contribution in [3.63, 3.8) is 0 Å². The van der Waals surface area contributed by atoms with Gasteiger partial charge in [0.1, 0.15) is 17.6 Å². The molecule has 0 radical (unpaired) electrons. The molecule has 0 aliphatic heterocycles. The smallest absolute Gasteiger partial charge is 0.153 e. The minimum Gasteiger partial charge on any atom is -0.493 e. The van der Waals surface area contributed by atoms with Gasteiger partial charge >= 0.3 is 0 Å². The third kappa shape index (κ3) is 3.24. The van der Waals surface area contributed by atoms with Crippen molar-refractivity contribution in [3.05, 3.63) is 56.5 Å². The van der Waals surface area contributed by atoms with Gasteiger partial charge in [0, 0.05) is 10.5 Å². The Labute approximate surface area is 148 Å². The lowest BCUT2D eigenvalue weighted by Crippen LogP contribution is -2.05. The Hall–Kier alpha value is -1.52. The summed E-state index contributed by atoms with van der Waals surface area (Å²) in [5.41, 5.74) is 2.88. The van der Waals surface area contributed by atoms with Gasteiger partial charge in [0.05, 0.1) is 17.2 Å². The van der Waals surface area contributed by atoms with Gasteiger partial charge in [0.15, 0.2) is 6.29 Å². The number of fused-ring (bicyclic) bond motifs is 1. The van der Waals surface area contributed by atoms with Gasteiger partial charge in [0.2, 0.25) is 0 Å². The summed E-state index contributed by atoms with van der Waals surface area (Å²) in [5, 5.41) is 0.416. The van der Waals surface area contributed by atoms with Crippen LogP contribution in [0.3, 0.4) is 0 Å². The van der Waals surface area contributed by atoms with Crippen molar-refractivity contribution in [3.8, 4) is 11.5 Å². The van der Waals surface area contributed by atoms with Gasteiger partial charge in [-0.05, 0) is 43.0 Å². The fourth-order valence-corrected chi connectivity index (χ4v) is 3.66. The lowest BCUT2D eigenvalue weighted by Gasteiger charge is -2.18. The fraction of sp³-hybridized carbons (Fsp3) is 0.278. The molecule has 3 nitrogen and oxygen atoms in total. The van der Waals surface area contributed by atoms with E-state index in [0.29, 0.717) is 28.7 Å². The van der Waals surface area contributed by atoms with Gasteiger partial charge in [-0.25, -0.2) is 0 Å². The number of carbonyl (C=O) groups excluding carboxylic acids is 1. The number of ether oxygens (including phenoxy) is 2. The maximum absolute atomic E-state index is 11.1. The molecule has 1 aliphatic carbocycles. The Kier molecular flexibility index (Phi) is 4.93.